The minimum atomic E-state index is -0.143. The highest BCUT2D eigenvalue weighted by molar-refractivity contribution is 7.18. The molecule has 6 nitrogen and oxygen atoms in total. The molecule has 27 heavy (non-hydrogen) atoms. The Labute approximate surface area is 160 Å². The first-order valence-electron chi connectivity index (χ1n) is 8.77. The van der Waals surface area contributed by atoms with Gasteiger partial charge in [0.1, 0.15) is 5.01 Å². The van der Waals surface area contributed by atoms with E-state index in [9.17, 15) is 9.59 Å². The number of nitrogens with one attached hydrogen (secondary N) is 1. The van der Waals surface area contributed by atoms with Gasteiger partial charge in [0, 0.05) is 24.2 Å². The van der Waals surface area contributed by atoms with Gasteiger partial charge in [-0.15, -0.1) is 10.2 Å². The zero-order chi connectivity index (χ0) is 18.6. The fourth-order valence-electron chi connectivity index (χ4n) is 3.03. The lowest BCUT2D eigenvalue weighted by molar-refractivity contribution is -0.117. The Kier molecular flexibility index (Phi) is 4.93. The predicted molar refractivity (Wildman–Crippen MR) is 106 cm³/mol. The van der Waals surface area contributed by atoms with Gasteiger partial charge < -0.3 is 10.2 Å². The first-order chi connectivity index (χ1) is 13.2. The van der Waals surface area contributed by atoms with Gasteiger partial charge in [-0.1, -0.05) is 53.8 Å². The number of carbonyl (C=O) groups excluding carboxylic acids is 2. The summed E-state index contributed by atoms with van der Waals surface area (Å²) in [5.41, 5.74) is 2.75. The number of amides is 2. The van der Waals surface area contributed by atoms with Crippen molar-refractivity contribution < 1.29 is 9.59 Å². The Hall–Kier alpha value is -3.06. The number of aromatic nitrogens is 2. The number of nitrogens with zero attached hydrogens (tertiary/aromatic N) is 3. The summed E-state index contributed by atoms with van der Waals surface area (Å²) in [4.78, 5) is 25.9. The maximum Gasteiger partial charge on any atom is 0.230 e. The van der Waals surface area contributed by atoms with Crippen molar-refractivity contribution in [2.45, 2.75) is 19.3 Å². The van der Waals surface area contributed by atoms with Gasteiger partial charge >= 0.3 is 0 Å². The van der Waals surface area contributed by atoms with E-state index in [0.29, 0.717) is 11.6 Å². The molecule has 1 saturated heterocycles. The Morgan fingerprint density at radius 1 is 1.07 bits per heavy atom. The van der Waals surface area contributed by atoms with Crippen molar-refractivity contribution in [3.63, 3.8) is 0 Å². The summed E-state index contributed by atoms with van der Waals surface area (Å²) in [5, 5.41) is 12.2. The molecule has 0 unspecified atom stereocenters. The number of benzene rings is 2. The minimum Gasteiger partial charge on any atom is -0.312 e. The molecule has 0 radical (unpaired) electrons. The third-order valence-corrected chi connectivity index (χ3v) is 5.27. The summed E-state index contributed by atoms with van der Waals surface area (Å²) in [5.74, 6) is 0.0155. The Morgan fingerprint density at radius 3 is 2.56 bits per heavy atom. The molecule has 0 aliphatic carbocycles. The Balaban J connectivity index is 1.37. The molecule has 3 aromatic rings. The van der Waals surface area contributed by atoms with Gasteiger partial charge in [0.25, 0.3) is 0 Å². The summed E-state index contributed by atoms with van der Waals surface area (Å²) in [7, 11) is 0. The molecule has 136 valence electrons. The van der Waals surface area contributed by atoms with Crippen LogP contribution in [0.3, 0.4) is 0 Å². The van der Waals surface area contributed by atoms with Gasteiger partial charge in [-0.25, -0.2) is 0 Å². The van der Waals surface area contributed by atoms with Crippen molar-refractivity contribution in [1.29, 1.82) is 0 Å². The fourth-order valence-corrected chi connectivity index (χ4v) is 3.80. The molecule has 1 N–H and O–H groups in total. The molecule has 1 aliphatic rings. The maximum absolute atomic E-state index is 12.3. The SMILES string of the molecule is O=C(Cc1ccc(N2CCCC2=O)cc1)Nc1nnc(-c2ccccc2)s1. The zero-order valence-corrected chi connectivity index (χ0v) is 15.4. The smallest absolute Gasteiger partial charge is 0.230 e. The van der Waals surface area contributed by atoms with Crippen LogP contribution in [0.2, 0.25) is 0 Å². The van der Waals surface area contributed by atoms with Gasteiger partial charge in [-0.05, 0) is 24.1 Å². The summed E-state index contributed by atoms with van der Waals surface area (Å²) < 4.78 is 0. The summed E-state index contributed by atoms with van der Waals surface area (Å²) in [6.07, 6.45) is 1.75. The molecule has 1 aromatic heterocycles. The first-order valence-corrected chi connectivity index (χ1v) is 9.59. The van der Waals surface area contributed by atoms with Crippen LogP contribution in [0.25, 0.3) is 10.6 Å². The quantitative estimate of drug-likeness (QED) is 0.737. The molecule has 2 amide bonds. The Bertz CT molecular complexity index is 954. The van der Waals surface area contributed by atoms with Crippen LogP contribution >= 0.6 is 11.3 Å². The van der Waals surface area contributed by atoms with Crippen molar-refractivity contribution in [1.82, 2.24) is 10.2 Å². The van der Waals surface area contributed by atoms with E-state index < -0.39 is 0 Å². The molecule has 0 bridgehead atoms. The molecule has 0 spiro atoms. The number of anilines is 2. The van der Waals surface area contributed by atoms with Crippen molar-refractivity contribution >= 4 is 34.0 Å². The maximum atomic E-state index is 12.3. The van der Waals surface area contributed by atoms with E-state index in [2.05, 4.69) is 15.5 Å². The fraction of sp³-hybridized carbons (Fsp3) is 0.200. The Morgan fingerprint density at radius 2 is 1.85 bits per heavy atom. The minimum absolute atomic E-state index is 0.143. The first kappa shape index (κ1) is 17.4. The highest BCUT2D eigenvalue weighted by atomic mass is 32.1. The molecular weight excluding hydrogens is 360 g/mol. The molecule has 7 heteroatoms. The van der Waals surface area contributed by atoms with Crippen LogP contribution in [-0.4, -0.2) is 28.6 Å². The van der Waals surface area contributed by atoms with E-state index >= 15 is 0 Å². The largest absolute Gasteiger partial charge is 0.312 e. The van der Waals surface area contributed by atoms with E-state index in [1.807, 2.05) is 54.6 Å². The highest BCUT2D eigenvalue weighted by Crippen LogP contribution is 2.26. The van der Waals surface area contributed by atoms with E-state index in [0.717, 1.165) is 34.8 Å². The highest BCUT2D eigenvalue weighted by Gasteiger charge is 2.21. The van der Waals surface area contributed by atoms with Crippen LogP contribution in [0.5, 0.6) is 0 Å². The summed E-state index contributed by atoms with van der Waals surface area (Å²) >= 11 is 1.35. The lowest BCUT2D eigenvalue weighted by Gasteiger charge is -2.15. The van der Waals surface area contributed by atoms with Crippen molar-refractivity contribution in [3.05, 3.63) is 60.2 Å². The molecule has 2 heterocycles. The second-order valence-electron chi connectivity index (χ2n) is 6.32. The van der Waals surface area contributed by atoms with Crippen LogP contribution < -0.4 is 10.2 Å². The normalized spacial score (nSPS) is 13.8. The number of hydrogen-bond donors (Lipinski definition) is 1. The third-order valence-electron chi connectivity index (χ3n) is 4.38. The molecule has 0 atom stereocenters. The topological polar surface area (TPSA) is 75.2 Å². The molecule has 1 aliphatic heterocycles. The van der Waals surface area contributed by atoms with Crippen LogP contribution in [0.15, 0.2) is 54.6 Å². The molecule has 4 rings (SSSR count). The predicted octanol–water partition coefficient (Wildman–Crippen LogP) is 3.51. The van der Waals surface area contributed by atoms with Crippen molar-refractivity contribution in [3.8, 4) is 10.6 Å². The molecule has 2 aromatic carbocycles. The number of carbonyl (C=O) groups is 2. The lowest BCUT2D eigenvalue weighted by Crippen LogP contribution is -2.23. The molecule has 0 saturated carbocycles. The van der Waals surface area contributed by atoms with E-state index in [1.54, 1.807) is 4.90 Å². The lowest BCUT2D eigenvalue weighted by atomic mass is 10.1. The second kappa shape index (κ2) is 7.67. The van der Waals surface area contributed by atoms with Crippen LogP contribution in [0.1, 0.15) is 18.4 Å². The number of rotatable bonds is 5. The summed E-state index contributed by atoms with van der Waals surface area (Å²) in [6, 6.07) is 17.3. The monoisotopic (exact) mass is 378 g/mol. The zero-order valence-electron chi connectivity index (χ0n) is 14.6. The average molecular weight is 378 g/mol. The van der Waals surface area contributed by atoms with Crippen molar-refractivity contribution in [2.75, 3.05) is 16.8 Å². The number of hydrogen-bond acceptors (Lipinski definition) is 5. The standard InChI is InChI=1S/C20H18N4O2S/c25-17(21-20-23-22-19(27-20)15-5-2-1-3-6-15)13-14-8-10-16(11-9-14)24-12-4-7-18(24)26/h1-3,5-6,8-11H,4,7,12-13H2,(H,21,23,25). The van der Waals surface area contributed by atoms with Crippen LogP contribution in [0.4, 0.5) is 10.8 Å². The van der Waals surface area contributed by atoms with E-state index in [4.69, 9.17) is 0 Å². The van der Waals surface area contributed by atoms with Gasteiger partial charge in [0.2, 0.25) is 16.9 Å². The van der Waals surface area contributed by atoms with Gasteiger partial charge in [0.15, 0.2) is 0 Å². The van der Waals surface area contributed by atoms with Gasteiger partial charge in [0.05, 0.1) is 6.42 Å². The second-order valence-corrected chi connectivity index (χ2v) is 7.30. The molecular formula is C20H18N4O2S. The van der Waals surface area contributed by atoms with Gasteiger partial charge in [-0.2, -0.15) is 0 Å². The third kappa shape index (κ3) is 4.03. The van der Waals surface area contributed by atoms with Crippen LogP contribution in [0, 0.1) is 0 Å². The van der Waals surface area contributed by atoms with Gasteiger partial charge in [-0.3, -0.25) is 9.59 Å². The average Bonchev–Trinajstić information content (AvgIpc) is 3.32. The van der Waals surface area contributed by atoms with E-state index in [1.165, 1.54) is 11.3 Å². The van der Waals surface area contributed by atoms with Crippen molar-refractivity contribution in [2.24, 2.45) is 0 Å². The van der Waals surface area contributed by atoms with E-state index in [-0.39, 0.29) is 18.2 Å². The summed E-state index contributed by atoms with van der Waals surface area (Å²) in [6.45, 7) is 0.763. The molecule has 1 fully saturated rings. The van der Waals surface area contributed by atoms with Crippen LogP contribution in [-0.2, 0) is 16.0 Å².